The van der Waals surface area contributed by atoms with Crippen molar-refractivity contribution in [3.05, 3.63) is 120 Å². The number of hydrogen-bond donors (Lipinski definition) is 1. The third-order valence-electron chi connectivity index (χ3n) is 7.32. The number of anilines is 1. The van der Waals surface area contributed by atoms with Crippen molar-refractivity contribution in [2.75, 3.05) is 19.5 Å². The Balaban J connectivity index is 1.53. The minimum atomic E-state index is -0.385. The van der Waals surface area contributed by atoms with E-state index in [0.717, 1.165) is 51.9 Å². The fourth-order valence-electron chi connectivity index (χ4n) is 5.38. The van der Waals surface area contributed by atoms with Gasteiger partial charge in [-0.25, -0.2) is 9.48 Å². The Kier molecular flexibility index (Phi) is 6.74. The Morgan fingerprint density at radius 1 is 0.925 bits per heavy atom. The van der Waals surface area contributed by atoms with Crippen molar-refractivity contribution in [1.82, 2.24) is 19.2 Å². The largest absolute Gasteiger partial charge is 0.497 e. The van der Waals surface area contributed by atoms with Gasteiger partial charge in [0.1, 0.15) is 17.3 Å². The molecule has 2 amide bonds. The molecule has 0 unspecified atom stereocenters. The van der Waals surface area contributed by atoms with Gasteiger partial charge in [-0.2, -0.15) is 5.10 Å². The molecule has 2 aromatic heterocycles. The maximum Gasteiger partial charge on any atom is 0.322 e. The minimum absolute atomic E-state index is 0.215. The highest BCUT2D eigenvalue weighted by Gasteiger charge is 2.36. The van der Waals surface area contributed by atoms with Gasteiger partial charge in [-0.15, -0.1) is 0 Å². The summed E-state index contributed by atoms with van der Waals surface area (Å²) in [6, 6.07) is 28.9. The van der Waals surface area contributed by atoms with E-state index in [1.165, 1.54) is 0 Å². The number of hydrogen-bond acceptors (Lipinski definition) is 4. The molecule has 6 rings (SSSR count). The molecule has 202 valence electrons. The van der Waals surface area contributed by atoms with Crippen LogP contribution in [0, 0.1) is 0 Å². The lowest BCUT2D eigenvalue weighted by molar-refractivity contribution is 0.194. The maximum atomic E-state index is 14.1. The number of nitrogens with one attached hydrogen (secondary N) is 1. The Hall–Kier alpha value is -4.98. The van der Waals surface area contributed by atoms with Gasteiger partial charge in [0.2, 0.25) is 0 Å². The Bertz CT molecular complexity index is 1640. The van der Waals surface area contributed by atoms with Crippen LogP contribution in [0.2, 0.25) is 0 Å². The Morgan fingerprint density at radius 2 is 1.70 bits per heavy atom. The van der Waals surface area contributed by atoms with E-state index >= 15 is 0 Å². The molecule has 3 aromatic carbocycles. The predicted octanol–water partition coefficient (Wildman–Crippen LogP) is 6.38. The summed E-state index contributed by atoms with van der Waals surface area (Å²) in [4.78, 5) is 16.0. The number of benzene rings is 3. The summed E-state index contributed by atoms with van der Waals surface area (Å²) in [5.74, 6) is 2.40. The summed E-state index contributed by atoms with van der Waals surface area (Å²) in [5, 5.41) is 8.14. The van der Waals surface area contributed by atoms with Gasteiger partial charge in [-0.05, 0) is 72.6 Å². The average molecular weight is 534 g/mol. The van der Waals surface area contributed by atoms with Gasteiger partial charge in [0, 0.05) is 17.4 Å². The van der Waals surface area contributed by atoms with E-state index < -0.39 is 0 Å². The van der Waals surface area contributed by atoms with Crippen LogP contribution in [-0.2, 0) is 13.0 Å². The predicted molar refractivity (Wildman–Crippen MR) is 155 cm³/mol. The number of ether oxygens (including phenoxy) is 2. The fraction of sp³-hybridized carbons (Fsp3) is 0.188. The molecule has 0 saturated carbocycles. The number of urea groups is 1. The molecule has 8 heteroatoms. The first-order valence-corrected chi connectivity index (χ1v) is 13.3. The van der Waals surface area contributed by atoms with Crippen LogP contribution in [-0.4, -0.2) is 39.5 Å². The lowest BCUT2D eigenvalue weighted by Crippen LogP contribution is -2.38. The van der Waals surface area contributed by atoms with Crippen molar-refractivity contribution in [3.63, 3.8) is 0 Å². The number of para-hydroxylation sites is 1. The number of nitrogens with zero attached hydrogens (tertiary/aromatic N) is 4. The van der Waals surface area contributed by atoms with E-state index in [4.69, 9.17) is 14.6 Å². The molecule has 0 spiro atoms. The van der Waals surface area contributed by atoms with Gasteiger partial charge in [0.15, 0.2) is 0 Å². The smallest absolute Gasteiger partial charge is 0.322 e. The van der Waals surface area contributed by atoms with E-state index in [9.17, 15) is 4.79 Å². The molecule has 0 saturated heterocycles. The van der Waals surface area contributed by atoms with E-state index in [-0.39, 0.29) is 12.1 Å². The van der Waals surface area contributed by atoms with Crippen LogP contribution in [0.3, 0.4) is 0 Å². The SMILES string of the molecule is CCc1nn(-c2ccccc2)c2c1CN(C(=O)Nc1ccc(OC)cc1)[C@H](c1cccc(OC)c1)c1cccn1-2. The van der Waals surface area contributed by atoms with Gasteiger partial charge >= 0.3 is 6.03 Å². The summed E-state index contributed by atoms with van der Waals surface area (Å²) in [5.41, 5.74) is 5.52. The number of amides is 2. The second kappa shape index (κ2) is 10.6. The zero-order valence-corrected chi connectivity index (χ0v) is 22.7. The molecular formula is C32H31N5O3. The summed E-state index contributed by atoms with van der Waals surface area (Å²) >= 11 is 0. The van der Waals surface area contributed by atoms with Gasteiger partial charge < -0.3 is 24.3 Å². The number of methoxy groups -OCH3 is 2. The van der Waals surface area contributed by atoms with Crippen molar-refractivity contribution in [3.8, 4) is 23.0 Å². The molecule has 1 atom stereocenters. The molecule has 3 heterocycles. The first-order chi connectivity index (χ1) is 19.6. The van der Waals surface area contributed by atoms with Gasteiger partial charge in [-0.3, -0.25) is 0 Å². The minimum Gasteiger partial charge on any atom is -0.497 e. The molecule has 0 aliphatic carbocycles. The summed E-state index contributed by atoms with van der Waals surface area (Å²) in [6.45, 7) is 2.47. The summed E-state index contributed by atoms with van der Waals surface area (Å²) in [7, 11) is 3.28. The van der Waals surface area contributed by atoms with Gasteiger partial charge in [-0.1, -0.05) is 37.3 Å². The number of carbonyl (C=O) groups is 1. The van der Waals surface area contributed by atoms with Crippen molar-refractivity contribution in [1.29, 1.82) is 0 Å². The monoisotopic (exact) mass is 533 g/mol. The first-order valence-electron chi connectivity index (χ1n) is 13.3. The second-order valence-electron chi connectivity index (χ2n) is 9.62. The topological polar surface area (TPSA) is 73.6 Å². The zero-order chi connectivity index (χ0) is 27.6. The zero-order valence-electron chi connectivity index (χ0n) is 22.7. The van der Waals surface area contributed by atoms with Crippen LogP contribution in [0.4, 0.5) is 10.5 Å². The highest BCUT2D eigenvalue weighted by molar-refractivity contribution is 5.90. The third kappa shape index (κ3) is 4.47. The van der Waals surface area contributed by atoms with Gasteiger partial charge in [0.05, 0.1) is 43.9 Å². The molecule has 1 aliphatic heterocycles. The number of aryl methyl sites for hydroxylation is 1. The lowest BCUT2D eigenvalue weighted by Gasteiger charge is -2.31. The highest BCUT2D eigenvalue weighted by atomic mass is 16.5. The molecule has 0 fully saturated rings. The van der Waals surface area contributed by atoms with Crippen LogP contribution in [0.1, 0.15) is 35.5 Å². The van der Waals surface area contributed by atoms with Crippen LogP contribution in [0.25, 0.3) is 11.5 Å². The van der Waals surface area contributed by atoms with Crippen molar-refractivity contribution in [2.24, 2.45) is 0 Å². The first kappa shape index (κ1) is 25.3. The molecule has 1 N–H and O–H groups in total. The quantitative estimate of drug-likeness (QED) is 0.275. The van der Waals surface area contributed by atoms with Gasteiger partial charge in [0.25, 0.3) is 0 Å². The van der Waals surface area contributed by atoms with Crippen LogP contribution in [0.15, 0.2) is 97.2 Å². The van der Waals surface area contributed by atoms with E-state index in [2.05, 4.69) is 35.0 Å². The molecule has 5 aromatic rings. The second-order valence-corrected chi connectivity index (χ2v) is 9.62. The maximum absolute atomic E-state index is 14.1. The molecule has 8 nitrogen and oxygen atoms in total. The molecule has 1 aliphatic rings. The van der Waals surface area contributed by atoms with Crippen LogP contribution in [0.5, 0.6) is 11.5 Å². The lowest BCUT2D eigenvalue weighted by atomic mass is 10.0. The Labute approximate surface area is 233 Å². The average Bonchev–Trinajstić information content (AvgIpc) is 3.59. The van der Waals surface area contributed by atoms with Crippen molar-refractivity contribution < 1.29 is 14.3 Å². The van der Waals surface area contributed by atoms with Crippen molar-refractivity contribution >= 4 is 11.7 Å². The van der Waals surface area contributed by atoms with Crippen LogP contribution < -0.4 is 14.8 Å². The Morgan fingerprint density at radius 3 is 2.42 bits per heavy atom. The molecule has 0 radical (unpaired) electrons. The van der Waals surface area contributed by atoms with E-state index in [1.54, 1.807) is 14.2 Å². The molecule has 40 heavy (non-hydrogen) atoms. The summed E-state index contributed by atoms with van der Waals surface area (Å²) in [6.07, 6.45) is 2.78. The summed E-state index contributed by atoms with van der Waals surface area (Å²) < 4.78 is 15.0. The van der Waals surface area contributed by atoms with E-state index in [1.807, 2.05) is 88.6 Å². The third-order valence-corrected chi connectivity index (χ3v) is 7.32. The molecular weight excluding hydrogens is 502 g/mol. The number of fused-ring (bicyclic) bond motifs is 3. The fourth-order valence-corrected chi connectivity index (χ4v) is 5.38. The highest BCUT2D eigenvalue weighted by Crippen LogP contribution is 2.39. The van der Waals surface area contributed by atoms with Crippen LogP contribution >= 0.6 is 0 Å². The standard InChI is InChI=1S/C32H31N5O3/c1-4-28-27-21-36(32(38)33-23-15-17-25(39-2)18-16-23)30(22-10-8-13-26(20-22)40-3)29-14-9-19-35(29)31(27)37(34-28)24-11-6-5-7-12-24/h5-20,30H,4,21H2,1-3H3,(H,33,38)/t30-/m1/s1. The molecule has 0 bridgehead atoms. The normalized spacial score (nSPS) is 14.2. The van der Waals surface area contributed by atoms with E-state index in [0.29, 0.717) is 12.2 Å². The number of rotatable bonds is 6. The number of carbonyl (C=O) groups excluding carboxylic acids is 1. The number of aromatic nitrogens is 3. The van der Waals surface area contributed by atoms with Crippen molar-refractivity contribution in [2.45, 2.75) is 25.9 Å².